The van der Waals surface area contributed by atoms with Gasteiger partial charge in [-0.05, 0) is 24.8 Å². The minimum absolute atomic E-state index is 0.683. The van der Waals surface area contributed by atoms with E-state index >= 15 is 0 Å². The average molecular weight is 209 g/mol. The molecule has 0 aliphatic carbocycles. The quantitative estimate of drug-likeness (QED) is 0.802. The molecule has 1 aromatic heterocycles. The maximum absolute atomic E-state index is 5.43. The molecule has 2 rings (SSSR count). The van der Waals surface area contributed by atoms with Crippen molar-refractivity contribution in [2.45, 2.75) is 19.4 Å². The number of aryl methyl sites for hydroxylation is 1. The highest BCUT2D eigenvalue weighted by atomic mass is 16.5. The van der Waals surface area contributed by atoms with Gasteiger partial charge in [-0.25, -0.2) is 0 Å². The maximum atomic E-state index is 5.43. The summed E-state index contributed by atoms with van der Waals surface area (Å²) in [7, 11) is 1.94. The Kier molecular flexibility index (Phi) is 3.75. The molecule has 2 heterocycles. The smallest absolute Gasteiger partial charge is 0.0762 e. The van der Waals surface area contributed by atoms with E-state index in [1.807, 2.05) is 24.0 Å². The molecule has 0 saturated carbocycles. The molecule has 1 N–H and O–H groups in total. The first kappa shape index (κ1) is 10.6. The summed E-state index contributed by atoms with van der Waals surface area (Å²) in [6, 6.07) is 2.05. The molecular weight excluding hydrogens is 190 g/mol. The summed E-state index contributed by atoms with van der Waals surface area (Å²) in [5, 5.41) is 7.75. The number of nitrogens with zero attached hydrogens (tertiary/aromatic N) is 2. The van der Waals surface area contributed by atoms with Crippen LogP contribution in [0.3, 0.4) is 0 Å². The number of rotatable bonds is 4. The van der Waals surface area contributed by atoms with Crippen molar-refractivity contribution in [3.8, 4) is 0 Å². The van der Waals surface area contributed by atoms with Crippen LogP contribution in [-0.2, 0) is 18.3 Å². The molecule has 4 nitrogen and oxygen atoms in total. The van der Waals surface area contributed by atoms with Crippen LogP contribution < -0.4 is 5.32 Å². The van der Waals surface area contributed by atoms with E-state index in [9.17, 15) is 0 Å². The molecule has 0 aromatic carbocycles. The highest BCUT2D eigenvalue weighted by Crippen LogP contribution is 2.12. The van der Waals surface area contributed by atoms with Crippen LogP contribution in [0.15, 0.2) is 12.3 Å². The zero-order chi connectivity index (χ0) is 10.5. The lowest BCUT2D eigenvalue weighted by molar-refractivity contribution is 0.0547. The van der Waals surface area contributed by atoms with E-state index in [1.54, 1.807) is 0 Å². The monoisotopic (exact) mass is 209 g/mol. The van der Waals surface area contributed by atoms with Crippen LogP contribution in [0.4, 0.5) is 0 Å². The van der Waals surface area contributed by atoms with Crippen LogP contribution in [0.25, 0.3) is 0 Å². The minimum atomic E-state index is 0.683. The van der Waals surface area contributed by atoms with Crippen LogP contribution in [0.2, 0.25) is 0 Å². The third kappa shape index (κ3) is 3.32. The Morgan fingerprint density at radius 2 is 2.60 bits per heavy atom. The summed E-state index contributed by atoms with van der Waals surface area (Å²) in [5.74, 6) is 0.683. The van der Waals surface area contributed by atoms with Crippen molar-refractivity contribution in [2.24, 2.45) is 13.0 Å². The number of hydrogen-bond acceptors (Lipinski definition) is 3. The van der Waals surface area contributed by atoms with Gasteiger partial charge in [0.05, 0.1) is 12.3 Å². The molecule has 1 fully saturated rings. The zero-order valence-corrected chi connectivity index (χ0v) is 9.28. The van der Waals surface area contributed by atoms with Crippen LogP contribution >= 0.6 is 0 Å². The van der Waals surface area contributed by atoms with Crippen LogP contribution in [0.1, 0.15) is 18.5 Å². The fourth-order valence-corrected chi connectivity index (χ4v) is 1.93. The molecule has 1 aromatic rings. The van der Waals surface area contributed by atoms with Gasteiger partial charge in [-0.15, -0.1) is 0 Å². The predicted octanol–water partition coefficient (Wildman–Crippen LogP) is 0.936. The summed E-state index contributed by atoms with van der Waals surface area (Å²) < 4.78 is 7.26. The fourth-order valence-electron chi connectivity index (χ4n) is 1.93. The number of aromatic nitrogens is 2. The number of nitrogens with one attached hydrogen (secondary N) is 1. The fraction of sp³-hybridized carbons (Fsp3) is 0.727. The molecule has 1 saturated heterocycles. The SMILES string of the molecule is Cn1ccc(CNCC2CCCOC2)n1. The van der Waals surface area contributed by atoms with Crippen molar-refractivity contribution < 1.29 is 4.74 Å². The topological polar surface area (TPSA) is 39.1 Å². The second-order valence-corrected chi connectivity index (χ2v) is 4.19. The van der Waals surface area contributed by atoms with Crippen LogP contribution in [0, 0.1) is 5.92 Å². The molecule has 1 aliphatic rings. The second-order valence-electron chi connectivity index (χ2n) is 4.19. The Hall–Kier alpha value is -0.870. The highest BCUT2D eigenvalue weighted by molar-refractivity contribution is 4.97. The molecule has 0 amide bonds. The Morgan fingerprint density at radius 1 is 1.67 bits per heavy atom. The molecule has 0 bridgehead atoms. The first-order chi connectivity index (χ1) is 7.34. The molecule has 15 heavy (non-hydrogen) atoms. The highest BCUT2D eigenvalue weighted by Gasteiger charge is 2.12. The van der Waals surface area contributed by atoms with Crippen molar-refractivity contribution in [3.63, 3.8) is 0 Å². The first-order valence-corrected chi connectivity index (χ1v) is 5.61. The first-order valence-electron chi connectivity index (χ1n) is 5.61. The van der Waals surface area contributed by atoms with Gasteiger partial charge in [-0.1, -0.05) is 0 Å². The molecule has 1 unspecified atom stereocenters. The molecule has 4 heteroatoms. The lowest BCUT2D eigenvalue weighted by Gasteiger charge is -2.21. The van der Waals surface area contributed by atoms with E-state index in [-0.39, 0.29) is 0 Å². The van der Waals surface area contributed by atoms with Crippen molar-refractivity contribution in [1.82, 2.24) is 15.1 Å². The lowest BCUT2D eigenvalue weighted by Crippen LogP contribution is -2.29. The van der Waals surface area contributed by atoms with Crippen LogP contribution in [0.5, 0.6) is 0 Å². The summed E-state index contributed by atoms with van der Waals surface area (Å²) in [6.45, 7) is 3.75. The van der Waals surface area contributed by atoms with Gasteiger partial charge in [0, 0.05) is 32.9 Å². The van der Waals surface area contributed by atoms with Crippen molar-refractivity contribution >= 4 is 0 Å². The lowest BCUT2D eigenvalue weighted by atomic mass is 10.0. The molecule has 84 valence electrons. The summed E-state index contributed by atoms with van der Waals surface area (Å²) in [5.41, 5.74) is 1.11. The average Bonchev–Trinajstić information content (AvgIpc) is 2.66. The standard InChI is InChI=1S/C11H19N3O/c1-14-5-4-11(13-14)8-12-7-10-3-2-6-15-9-10/h4-5,10,12H,2-3,6-9H2,1H3. The van der Waals surface area contributed by atoms with Crippen molar-refractivity contribution in [3.05, 3.63) is 18.0 Å². The van der Waals surface area contributed by atoms with Crippen molar-refractivity contribution in [2.75, 3.05) is 19.8 Å². The minimum Gasteiger partial charge on any atom is -0.381 e. The Labute approximate surface area is 90.6 Å². The Balaban J connectivity index is 1.65. The normalized spacial score (nSPS) is 21.8. The van der Waals surface area contributed by atoms with E-state index < -0.39 is 0 Å². The van der Waals surface area contributed by atoms with Gasteiger partial charge in [0.25, 0.3) is 0 Å². The van der Waals surface area contributed by atoms with Gasteiger partial charge < -0.3 is 10.1 Å². The Morgan fingerprint density at radius 3 is 3.27 bits per heavy atom. The van der Waals surface area contributed by atoms with Gasteiger partial charge in [-0.3, -0.25) is 4.68 Å². The zero-order valence-electron chi connectivity index (χ0n) is 9.28. The molecular formula is C11H19N3O. The summed E-state index contributed by atoms with van der Waals surface area (Å²) >= 11 is 0. The van der Waals surface area contributed by atoms with Crippen molar-refractivity contribution in [1.29, 1.82) is 0 Å². The second kappa shape index (κ2) is 5.28. The Bertz CT molecular complexity index is 292. The van der Waals surface area contributed by atoms with Gasteiger partial charge >= 0.3 is 0 Å². The van der Waals surface area contributed by atoms with E-state index in [2.05, 4.69) is 10.4 Å². The maximum Gasteiger partial charge on any atom is 0.0762 e. The third-order valence-corrected chi connectivity index (χ3v) is 2.76. The van der Waals surface area contributed by atoms with Gasteiger partial charge in [0.15, 0.2) is 0 Å². The van der Waals surface area contributed by atoms with E-state index in [4.69, 9.17) is 4.74 Å². The van der Waals surface area contributed by atoms with Gasteiger partial charge in [0.2, 0.25) is 0 Å². The molecule has 0 spiro atoms. The summed E-state index contributed by atoms with van der Waals surface area (Å²) in [6.07, 6.45) is 4.46. The largest absolute Gasteiger partial charge is 0.381 e. The van der Waals surface area contributed by atoms with Gasteiger partial charge in [0.1, 0.15) is 0 Å². The molecule has 1 atom stereocenters. The van der Waals surface area contributed by atoms with E-state index in [1.165, 1.54) is 12.8 Å². The summed E-state index contributed by atoms with van der Waals surface area (Å²) in [4.78, 5) is 0. The van der Waals surface area contributed by atoms with Gasteiger partial charge in [-0.2, -0.15) is 5.10 Å². The molecule has 1 aliphatic heterocycles. The van der Waals surface area contributed by atoms with E-state index in [0.717, 1.165) is 32.0 Å². The van der Waals surface area contributed by atoms with E-state index in [0.29, 0.717) is 5.92 Å². The predicted molar refractivity (Wildman–Crippen MR) is 58.5 cm³/mol. The number of ether oxygens (including phenoxy) is 1. The molecule has 0 radical (unpaired) electrons. The van der Waals surface area contributed by atoms with Crippen LogP contribution in [-0.4, -0.2) is 29.5 Å². The number of hydrogen-bond donors (Lipinski definition) is 1. The third-order valence-electron chi connectivity index (χ3n) is 2.76.